The molecule has 0 amide bonds. The Morgan fingerprint density at radius 2 is 1.45 bits per heavy atom. The van der Waals surface area contributed by atoms with Gasteiger partial charge in [0.05, 0.1) is 0 Å². The smallest absolute Gasteiger partial charge is 0.0487 e. The molecule has 3 N–H and O–H groups in total. The number of fused-ring (bicyclic) bond motifs is 3. The molecule has 0 atom stereocenters. The van der Waals surface area contributed by atoms with Gasteiger partial charge in [-0.05, 0) is 43.9 Å². The van der Waals surface area contributed by atoms with Crippen LogP contribution in [0.5, 0.6) is 0 Å². The molecule has 3 aliphatic rings. The van der Waals surface area contributed by atoms with E-state index in [1.54, 1.807) is 0 Å². The van der Waals surface area contributed by atoms with E-state index in [9.17, 15) is 5.11 Å². The molecule has 3 fully saturated rings. The average Bonchev–Trinajstić information content (AvgIpc) is 2.07. The van der Waals surface area contributed by atoms with Crippen LogP contribution in [0.2, 0.25) is 0 Å². The maximum atomic E-state index is 9.21. The molecule has 2 heteroatoms. The third-order valence-electron chi connectivity index (χ3n) is 3.80. The zero-order valence-electron chi connectivity index (χ0n) is 6.97. The number of nitrogens with two attached hydrogens (primary N) is 1. The van der Waals surface area contributed by atoms with E-state index in [2.05, 4.69) is 0 Å². The molecule has 0 aromatic heterocycles. The molecule has 11 heavy (non-hydrogen) atoms. The quantitative estimate of drug-likeness (QED) is 0.594. The van der Waals surface area contributed by atoms with Crippen molar-refractivity contribution in [3.05, 3.63) is 0 Å². The van der Waals surface area contributed by atoms with Crippen LogP contribution in [0.3, 0.4) is 0 Å². The fraction of sp³-hybridized carbons (Fsp3) is 1.00. The second-order valence-corrected chi connectivity index (χ2v) is 4.52. The van der Waals surface area contributed by atoms with E-state index in [0.29, 0.717) is 6.61 Å². The average molecular weight is 155 g/mol. The lowest BCUT2D eigenvalue weighted by atomic mass is 9.58. The van der Waals surface area contributed by atoms with Crippen molar-refractivity contribution in [2.75, 3.05) is 6.61 Å². The van der Waals surface area contributed by atoms with Crippen molar-refractivity contribution in [3.63, 3.8) is 0 Å². The van der Waals surface area contributed by atoms with E-state index < -0.39 is 0 Å². The van der Waals surface area contributed by atoms with Crippen molar-refractivity contribution in [2.45, 2.75) is 44.1 Å². The van der Waals surface area contributed by atoms with Crippen molar-refractivity contribution in [2.24, 2.45) is 11.1 Å². The van der Waals surface area contributed by atoms with Crippen LogP contribution in [-0.2, 0) is 0 Å². The van der Waals surface area contributed by atoms with Gasteiger partial charge in [0.1, 0.15) is 0 Å². The van der Waals surface area contributed by atoms with Gasteiger partial charge in [0, 0.05) is 12.1 Å². The Hall–Kier alpha value is -0.0800. The molecule has 0 aromatic carbocycles. The van der Waals surface area contributed by atoms with Crippen LogP contribution in [-0.4, -0.2) is 17.3 Å². The first-order valence-electron chi connectivity index (χ1n) is 4.58. The van der Waals surface area contributed by atoms with Gasteiger partial charge in [-0.3, -0.25) is 0 Å². The molecule has 0 aromatic rings. The van der Waals surface area contributed by atoms with Crippen LogP contribution in [0, 0.1) is 5.41 Å². The lowest BCUT2D eigenvalue weighted by molar-refractivity contribution is -0.00305. The second kappa shape index (κ2) is 2.20. The van der Waals surface area contributed by atoms with Gasteiger partial charge in [0.15, 0.2) is 0 Å². The summed E-state index contributed by atoms with van der Waals surface area (Å²) in [5.41, 5.74) is 6.56. The van der Waals surface area contributed by atoms with Crippen molar-refractivity contribution in [1.82, 2.24) is 0 Å². The molecule has 0 spiro atoms. The summed E-state index contributed by atoms with van der Waals surface area (Å²) in [6, 6.07) is 0. The Kier molecular flexibility index (Phi) is 1.52. The van der Waals surface area contributed by atoms with Gasteiger partial charge in [-0.15, -0.1) is 0 Å². The first-order chi connectivity index (χ1) is 5.18. The molecule has 0 saturated heterocycles. The van der Waals surface area contributed by atoms with E-state index >= 15 is 0 Å². The normalized spacial score (nSPS) is 49.6. The van der Waals surface area contributed by atoms with Crippen LogP contribution < -0.4 is 5.73 Å². The summed E-state index contributed by atoms with van der Waals surface area (Å²) < 4.78 is 0. The molecule has 0 radical (unpaired) electrons. The largest absolute Gasteiger partial charge is 0.396 e. The third kappa shape index (κ3) is 1.09. The Morgan fingerprint density at radius 3 is 1.82 bits per heavy atom. The van der Waals surface area contributed by atoms with Gasteiger partial charge < -0.3 is 10.8 Å². The molecule has 64 valence electrons. The second-order valence-electron chi connectivity index (χ2n) is 4.52. The first kappa shape index (κ1) is 7.56. The predicted octanol–water partition coefficient (Wildman–Crippen LogP) is 1.03. The Balaban J connectivity index is 2.12. The summed E-state index contributed by atoms with van der Waals surface area (Å²) >= 11 is 0. The summed E-state index contributed by atoms with van der Waals surface area (Å²) in [6.07, 6.45) is 6.86. The molecule has 3 aliphatic carbocycles. The predicted molar refractivity (Wildman–Crippen MR) is 44.1 cm³/mol. The van der Waals surface area contributed by atoms with Crippen molar-refractivity contribution >= 4 is 0 Å². The maximum Gasteiger partial charge on any atom is 0.0487 e. The fourth-order valence-corrected chi connectivity index (χ4v) is 2.53. The molecule has 0 heterocycles. The highest BCUT2D eigenvalue weighted by molar-refractivity contribution is 5.02. The van der Waals surface area contributed by atoms with Crippen LogP contribution in [0.1, 0.15) is 38.5 Å². The number of rotatable bonds is 1. The Morgan fingerprint density at radius 1 is 1.00 bits per heavy atom. The summed E-state index contributed by atoms with van der Waals surface area (Å²) in [4.78, 5) is 0. The highest BCUT2D eigenvalue weighted by atomic mass is 16.3. The standard InChI is InChI=1S/C9H17NO/c10-9-4-1-8(7-11,2-5-9)3-6-9/h11H,1-7,10H2. The minimum Gasteiger partial charge on any atom is -0.396 e. The Labute approximate surface area is 67.8 Å². The van der Waals surface area contributed by atoms with Crippen molar-refractivity contribution in [1.29, 1.82) is 0 Å². The van der Waals surface area contributed by atoms with Gasteiger partial charge in [-0.1, -0.05) is 0 Å². The third-order valence-corrected chi connectivity index (χ3v) is 3.80. The monoisotopic (exact) mass is 155 g/mol. The van der Waals surface area contributed by atoms with Crippen LogP contribution in [0.15, 0.2) is 0 Å². The molecule has 3 saturated carbocycles. The first-order valence-corrected chi connectivity index (χ1v) is 4.58. The number of aliphatic hydroxyl groups excluding tert-OH is 1. The van der Waals surface area contributed by atoms with Gasteiger partial charge in [0.25, 0.3) is 0 Å². The highest BCUT2D eigenvalue weighted by Gasteiger charge is 2.45. The zero-order valence-corrected chi connectivity index (χ0v) is 6.97. The van der Waals surface area contributed by atoms with Crippen LogP contribution in [0.4, 0.5) is 0 Å². The van der Waals surface area contributed by atoms with E-state index in [0.717, 1.165) is 38.5 Å². The summed E-state index contributed by atoms with van der Waals surface area (Å²) in [5.74, 6) is 0. The lowest BCUT2D eigenvalue weighted by Gasteiger charge is -2.51. The minimum absolute atomic E-state index is 0.150. The van der Waals surface area contributed by atoms with Crippen molar-refractivity contribution in [3.8, 4) is 0 Å². The van der Waals surface area contributed by atoms with Crippen molar-refractivity contribution < 1.29 is 5.11 Å². The van der Waals surface area contributed by atoms with E-state index in [-0.39, 0.29) is 11.0 Å². The Bertz CT molecular complexity index is 142. The van der Waals surface area contributed by atoms with Crippen LogP contribution in [0.25, 0.3) is 0 Å². The number of hydrogen-bond donors (Lipinski definition) is 2. The van der Waals surface area contributed by atoms with Gasteiger partial charge in [-0.2, -0.15) is 0 Å². The van der Waals surface area contributed by atoms with Crippen LogP contribution >= 0.6 is 0 Å². The minimum atomic E-state index is 0.150. The molecule has 0 aliphatic heterocycles. The lowest BCUT2D eigenvalue weighted by Crippen LogP contribution is -2.52. The number of aliphatic hydroxyl groups is 1. The van der Waals surface area contributed by atoms with Gasteiger partial charge >= 0.3 is 0 Å². The zero-order chi connectivity index (χ0) is 7.95. The van der Waals surface area contributed by atoms with Gasteiger partial charge in [-0.25, -0.2) is 0 Å². The van der Waals surface area contributed by atoms with Gasteiger partial charge in [0.2, 0.25) is 0 Å². The maximum absolute atomic E-state index is 9.21. The van der Waals surface area contributed by atoms with E-state index in [1.165, 1.54) is 0 Å². The van der Waals surface area contributed by atoms with E-state index in [4.69, 9.17) is 5.73 Å². The molecule has 0 unspecified atom stereocenters. The molecule has 3 rings (SSSR count). The molecule has 2 nitrogen and oxygen atoms in total. The summed E-state index contributed by atoms with van der Waals surface area (Å²) in [5, 5.41) is 9.21. The summed E-state index contributed by atoms with van der Waals surface area (Å²) in [7, 11) is 0. The summed E-state index contributed by atoms with van der Waals surface area (Å²) in [6.45, 7) is 0.378. The number of hydrogen-bond acceptors (Lipinski definition) is 2. The highest BCUT2D eigenvalue weighted by Crippen LogP contribution is 2.50. The van der Waals surface area contributed by atoms with E-state index in [1.807, 2.05) is 0 Å². The SMILES string of the molecule is NC12CCC(CO)(CC1)CC2. The molecule has 2 bridgehead atoms. The fourth-order valence-electron chi connectivity index (χ4n) is 2.53. The molecular formula is C9H17NO. The molecular weight excluding hydrogens is 138 g/mol. The topological polar surface area (TPSA) is 46.2 Å².